The summed E-state index contributed by atoms with van der Waals surface area (Å²) >= 11 is 0. The van der Waals surface area contributed by atoms with Crippen LogP contribution in [-0.4, -0.2) is 23.8 Å². The van der Waals surface area contributed by atoms with E-state index in [1.807, 2.05) is 0 Å². The van der Waals surface area contributed by atoms with E-state index in [4.69, 9.17) is 14.2 Å². The van der Waals surface area contributed by atoms with Gasteiger partial charge >= 0.3 is 0 Å². The van der Waals surface area contributed by atoms with Gasteiger partial charge in [-0.1, -0.05) is 41.5 Å². The summed E-state index contributed by atoms with van der Waals surface area (Å²) in [5.41, 5.74) is -0.0131. The Bertz CT molecular complexity index is 453. The third-order valence-electron chi connectivity index (χ3n) is 6.92. The fourth-order valence-electron chi connectivity index (χ4n) is 6.28. The predicted octanol–water partition coefficient (Wildman–Crippen LogP) is 3.18. The van der Waals surface area contributed by atoms with Crippen LogP contribution >= 0.6 is 0 Å². The zero-order chi connectivity index (χ0) is 14.3. The van der Waals surface area contributed by atoms with Gasteiger partial charge < -0.3 is 14.2 Å². The molecule has 0 N–H and O–H groups in total. The first-order valence-electron chi connectivity index (χ1n) is 8.18. The number of hydrogen-bond acceptors (Lipinski definition) is 3. The van der Waals surface area contributed by atoms with Crippen molar-refractivity contribution in [1.82, 2.24) is 0 Å². The van der Waals surface area contributed by atoms with E-state index in [1.165, 1.54) is 6.42 Å². The number of hydrogen-bond donors (Lipinski definition) is 0. The fraction of sp³-hybridized carbons (Fsp3) is 1.00. The molecule has 0 amide bonds. The topological polar surface area (TPSA) is 27.7 Å². The van der Waals surface area contributed by atoms with Gasteiger partial charge in [0.1, 0.15) is 0 Å². The SMILES string of the molecule is CC(C)(C)[C@]12O[C@H]3[C@@H]4C[C@@H]5[C@H]3O[C@](C(C)(C)C)(O1)[C@@H]5[C@@H]42. The molecule has 3 aliphatic heterocycles. The second-order valence-corrected chi connectivity index (χ2v) is 9.72. The molecule has 0 aromatic rings. The lowest BCUT2D eigenvalue weighted by Crippen LogP contribution is -2.51. The molecule has 2 aliphatic carbocycles. The summed E-state index contributed by atoms with van der Waals surface area (Å²) in [6, 6.07) is 0. The largest absolute Gasteiger partial charge is 0.343 e. The molecule has 112 valence electrons. The van der Waals surface area contributed by atoms with Crippen molar-refractivity contribution in [2.24, 2.45) is 34.5 Å². The minimum absolute atomic E-state index is 0.00655. The molecule has 5 fully saturated rings. The third-order valence-corrected chi connectivity index (χ3v) is 6.92. The van der Waals surface area contributed by atoms with E-state index in [0.29, 0.717) is 23.7 Å². The Balaban J connectivity index is 1.77. The van der Waals surface area contributed by atoms with Gasteiger partial charge in [0.2, 0.25) is 0 Å². The summed E-state index contributed by atoms with van der Waals surface area (Å²) < 4.78 is 20.0. The van der Waals surface area contributed by atoms with Gasteiger partial charge in [0, 0.05) is 22.7 Å². The quantitative estimate of drug-likeness (QED) is 0.681. The van der Waals surface area contributed by atoms with Gasteiger partial charge in [-0.05, 0) is 18.3 Å². The molecule has 3 heteroatoms. The lowest BCUT2D eigenvalue weighted by molar-refractivity contribution is -0.348. The van der Waals surface area contributed by atoms with E-state index >= 15 is 0 Å². The molecule has 20 heavy (non-hydrogen) atoms. The Kier molecular flexibility index (Phi) is 1.78. The zero-order valence-electron chi connectivity index (χ0n) is 13.4. The lowest BCUT2D eigenvalue weighted by atomic mass is 9.67. The summed E-state index contributed by atoms with van der Waals surface area (Å²) in [5.74, 6) is 1.55. The summed E-state index contributed by atoms with van der Waals surface area (Å²) in [7, 11) is 0. The third kappa shape index (κ3) is 0.933. The first-order chi connectivity index (χ1) is 9.12. The van der Waals surface area contributed by atoms with E-state index in [0.717, 1.165) is 0 Å². The summed E-state index contributed by atoms with van der Waals surface area (Å²) in [6.45, 7) is 13.6. The number of ether oxygens (including phenoxy) is 3. The van der Waals surface area contributed by atoms with Crippen molar-refractivity contribution in [3.8, 4) is 0 Å². The number of fused-ring (bicyclic) bond motifs is 1. The molecular weight excluding hydrogens is 252 g/mol. The summed E-state index contributed by atoms with van der Waals surface area (Å²) in [6.07, 6.45) is 1.86. The lowest BCUT2D eigenvalue weighted by Gasteiger charge is -2.44. The van der Waals surface area contributed by atoms with E-state index in [2.05, 4.69) is 41.5 Å². The van der Waals surface area contributed by atoms with Crippen LogP contribution in [0.4, 0.5) is 0 Å². The highest BCUT2D eigenvalue weighted by molar-refractivity contribution is 5.28. The van der Waals surface area contributed by atoms with Crippen molar-refractivity contribution >= 4 is 0 Å². The van der Waals surface area contributed by atoms with E-state index in [-0.39, 0.29) is 23.0 Å². The van der Waals surface area contributed by atoms with Gasteiger partial charge in [-0.25, -0.2) is 0 Å². The van der Waals surface area contributed by atoms with Crippen LogP contribution in [0.2, 0.25) is 0 Å². The molecule has 0 unspecified atom stereocenters. The van der Waals surface area contributed by atoms with E-state index in [9.17, 15) is 0 Å². The zero-order valence-corrected chi connectivity index (χ0v) is 13.4. The summed E-state index contributed by atoms with van der Waals surface area (Å²) in [5, 5.41) is 0. The van der Waals surface area contributed by atoms with Gasteiger partial charge in [-0.3, -0.25) is 0 Å². The molecule has 5 rings (SSSR count). The fourth-order valence-corrected chi connectivity index (χ4v) is 6.28. The first-order valence-corrected chi connectivity index (χ1v) is 8.18. The highest BCUT2D eigenvalue weighted by Gasteiger charge is 2.88. The van der Waals surface area contributed by atoms with Crippen molar-refractivity contribution < 1.29 is 14.2 Å². The van der Waals surface area contributed by atoms with Crippen LogP contribution in [0.3, 0.4) is 0 Å². The molecule has 3 saturated heterocycles. The van der Waals surface area contributed by atoms with Gasteiger partial charge in [0.05, 0.1) is 12.2 Å². The van der Waals surface area contributed by atoms with Crippen LogP contribution in [0.15, 0.2) is 0 Å². The highest BCUT2D eigenvalue weighted by atomic mass is 16.8. The Morgan fingerprint density at radius 2 is 1.15 bits per heavy atom. The second kappa shape index (κ2) is 2.87. The van der Waals surface area contributed by atoms with Crippen molar-refractivity contribution in [2.75, 3.05) is 0 Å². The maximum Gasteiger partial charge on any atom is 0.180 e. The van der Waals surface area contributed by atoms with Crippen LogP contribution in [-0.2, 0) is 14.2 Å². The molecule has 0 aromatic carbocycles. The Morgan fingerprint density at radius 1 is 0.750 bits per heavy atom. The number of rotatable bonds is 0. The average Bonchev–Trinajstić information content (AvgIpc) is 2.86. The van der Waals surface area contributed by atoms with E-state index < -0.39 is 11.6 Å². The standard InChI is InChI=1S/C17H26O3/c1-14(2,3)16-10-8-7-9-11(10)17(20-16,15(4,5)6)19-13(9)12(8)18-16/h8-13H,7H2,1-6H3/t8-,9+,10-,11+,12+,13-,16-,17+. The molecule has 8 atom stereocenters. The molecule has 0 radical (unpaired) electrons. The molecular formula is C17H26O3. The smallest absolute Gasteiger partial charge is 0.180 e. The Morgan fingerprint density at radius 3 is 1.50 bits per heavy atom. The minimum Gasteiger partial charge on any atom is -0.343 e. The van der Waals surface area contributed by atoms with E-state index in [1.54, 1.807) is 0 Å². The summed E-state index contributed by atoms with van der Waals surface area (Å²) in [4.78, 5) is 0. The van der Waals surface area contributed by atoms with Crippen molar-refractivity contribution in [2.45, 2.75) is 71.7 Å². The van der Waals surface area contributed by atoms with Crippen molar-refractivity contribution in [3.63, 3.8) is 0 Å². The molecule has 0 spiro atoms. The van der Waals surface area contributed by atoms with Crippen molar-refractivity contribution in [3.05, 3.63) is 0 Å². The minimum atomic E-state index is -0.430. The van der Waals surface area contributed by atoms with Gasteiger partial charge in [-0.15, -0.1) is 0 Å². The van der Waals surface area contributed by atoms with Gasteiger partial charge in [0.15, 0.2) is 11.6 Å². The molecule has 0 aromatic heterocycles. The second-order valence-electron chi connectivity index (χ2n) is 9.72. The average molecular weight is 278 g/mol. The Hall–Kier alpha value is -0.120. The molecule has 2 saturated carbocycles. The van der Waals surface area contributed by atoms with Crippen LogP contribution in [0.25, 0.3) is 0 Å². The predicted molar refractivity (Wildman–Crippen MR) is 73.8 cm³/mol. The molecule has 2 bridgehead atoms. The maximum absolute atomic E-state index is 6.79. The molecule has 3 heterocycles. The van der Waals surface area contributed by atoms with Gasteiger partial charge in [-0.2, -0.15) is 0 Å². The van der Waals surface area contributed by atoms with Crippen LogP contribution in [0, 0.1) is 34.5 Å². The van der Waals surface area contributed by atoms with Crippen molar-refractivity contribution in [1.29, 1.82) is 0 Å². The Labute approximate surface area is 121 Å². The van der Waals surface area contributed by atoms with Crippen LogP contribution in [0.5, 0.6) is 0 Å². The first kappa shape index (κ1) is 12.4. The van der Waals surface area contributed by atoms with Gasteiger partial charge in [0.25, 0.3) is 0 Å². The monoisotopic (exact) mass is 278 g/mol. The maximum atomic E-state index is 6.79. The molecule has 3 nitrogen and oxygen atoms in total. The molecule has 5 aliphatic rings. The highest BCUT2D eigenvalue weighted by Crippen LogP contribution is 2.80. The van der Waals surface area contributed by atoms with Crippen LogP contribution < -0.4 is 0 Å². The normalized spacial score (nSPS) is 62.1. The van der Waals surface area contributed by atoms with Crippen LogP contribution in [0.1, 0.15) is 48.0 Å².